The first-order valence-electron chi connectivity index (χ1n) is 7.07. The second kappa shape index (κ2) is 8.05. The number of hydrogen-bond acceptors (Lipinski definition) is 4. The number of esters is 1. The molecule has 1 amide bonds. The minimum Gasteiger partial charge on any atom is -0.449 e. The number of carbonyl (C=O) groups excluding carboxylic acids is 2. The Bertz CT molecular complexity index is 707. The Hall–Kier alpha value is -2.96. The molecule has 1 N–H and O–H groups in total. The normalized spacial score (nSPS) is 11.7. The SMILES string of the molecule is CC(OC(=O)c1cccc(OC(F)F)c1)C(=O)Nc1ccccc1. The highest BCUT2D eigenvalue weighted by Gasteiger charge is 2.19. The van der Waals surface area contributed by atoms with Crippen LogP contribution in [-0.4, -0.2) is 24.6 Å². The molecule has 24 heavy (non-hydrogen) atoms. The van der Waals surface area contributed by atoms with Crippen LogP contribution in [0.1, 0.15) is 17.3 Å². The Morgan fingerprint density at radius 1 is 1.04 bits per heavy atom. The lowest BCUT2D eigenvalue weighted by Crippen LogP contribution is -2.30. The molecule has 0 bridgehead atoms. The number of rotatable bonds is 6. The Labute approximate surface area is 137 Å². The molecule has 0 aliphatic rings. The van der Waals surface area contributed by atoms with E-state index in [1.807, 2.05) is 0 Å². The molecule has 1 unspecified atom stereocenters. The fourth-order valence-corrected chi connectivity index (χ4v) is 1.85. The highest BCUT2D eigenvalue weighted by atomic mass is 19.3. The summed E-state index contributed by atoms with van der Waals surface area (Å²) in [4.78, 5) is 24.0. The van der Waals surface area contributed by atoms with Gasteiger partial charge < -0.3 is 14.8 Å². The van der Waals surface area contributed by atoms with Gasteiger partial charge in [0.2, 0.25) is 0 Å². The maximum absolute atomic E-state index is 12.2. The van der Waals surface area contributed by atoms with Crippen LogP contribution in [0.25, 0.3) is 0 Å². The van der Waals surface area contributed by atoms with Crippen LogP contribution in [0, 0.1) is 0 Å². The number of nitrogens with one attached hydrogen (secondary N) is 1. The lowest BCUT2D eigenvalue weighted by molar-refractivity contribution is -0.123. The molecule has 2 aromatic rings. The van der Waals surface area contributed by atoms with Crippen LogP contribution >= 0.6 is 0 Å². The summed E-state index contributed by atoms with van der Waals surface area (Å²) in [6.45, 7) is -1.58. The predicted octanol–water partition coefficient (Wildman–Crippen LogP) is 3.47. The second-order valence-electron chi connectivity index (χ2n) is 4.81. The van der Waals surface area contributed by atoms with Crippen molar-refractivity contribution in [3.63, 3.8) is 0 Å². The van der Waals surface area contributed by atoms with Gasteiger partial charge in [-0.05, 0) is 37.3 Å². The summed E-state index contributed by atoms with van der Waals surface area (Å²) in [6.07, 6.45) is -1.06. The molecule has 0 heterocycles. The maximum Gasteiger partial charge on any atom is 0.387 e. The third-order valence-electron chi connectivity index (χ3n) is 2.99. The van der Waals surface area contributed by atoms with E-state index in [1.165, 1.54) is 25.1 Å². The molecule has 0 aliphatic heterocycles. The van der Waals surface area contributed by atoms with E-state index in [9.17, 15) is 18.4 Å². The topological polar surface area (TPSA) is 64.6 Å². The zero-order valence-electron chi connectivity index (χ0n) is 12.7. The van der Waals surface area contributed by atoms with Crippen molar-refractivity contribution in [1.29, 1.82) is 0 Å². The van der Waals surface area contributed by atoms with E-state index in [0.717, 1.165) is 6.07 Å². The zero-order valence-corrected chi connectivity index (χ0v) is 12.7. The third kappa shape index (κ3) is 5.05. The molecule has 0 saturated carbocycles. The number of alkyl halides is 2. The summed E-state index contributed by atoms with van der Waals surface area (Å²) in [6, 6.07) is 13.8. The van der Waals surface area contributed by atoms with Gasteiger partial charge in [-0.2, -0.15) is 8.78 Å². The average molecular weight is 335 g/mol. The van der Waals surface area contributed by atoms with Crippen molar-refractivity contribution in [3.8, 4) is 5.75 Å². The first-order chi connectivity index (χ1) is 11.5. The molecule has 1 atom stereocenters. The molecule has 0 spiro atoms. The van der Waals surface area contributed by atoms with Gasteiger partial charge in [0.25, 0.3) is 5.91 Å². The Kier molecular flexibility index (Phi) is 5.83. The van der Waals surface area contributed by atoms with Crippen molar-refractivity contribution in [3.05, 3.63) is 60.2 Å². The predicted molar refractivity (Wildman–Crippen MR) is 83.0 cm³/mol. The molecule has 7 heteroatoms. The van der Waals surface area contributed by atoms with Crippen LogP contribution in [-0.2, 0) is 9.53 Å². The van der Waals surface area contributed by atoms with Crippen LogP contribution in [0.3, 0.4) is 0 Å². The van der Waals surface area contributed by atoms with Gasteiger partial charge in [0, 0.05) is 5.69 Å². The highest BCUT2D eigenvalue weighted by molar-refractivity contribution is 5.97. The molecule has 126 valence electrons. The first-order valence-corrected chi connectivity index (χ1v) is 7.07. The standard InChI is InChI=1S/C17H15F2NO4/c1-11(15(21)20-13-7-3-2-4-8-13)23-16(22)12-6-5-9-14(10-12)24-17(18)19/h2-11,17H,1H3,(H,20,21). The van der Waals surface area contributed by atoms with Crippen LogP contribution in [0.2, 0.25) is 0 Å². The summed E-state index contributed by atoms with van der Waals surface area (Å²) >= 11 is 0. The van der Waals surface area contributed by atoms with Gasteiger partial charge in [-0.3, -0.25) is 4.79 Å². The highest BCUT2D eigenvalue weighted by Crippen LogP contribution is 2.17. The number of hydrogen-bond donors (Lipinski definition) is 1. The third-order valence-corrected chi connectivity index (χ3v) is 2.99. The van der Waals surface area contributed by atoms with Crippen molar-refractivity contribution in [1.82, 2.24) is 0 Å². The molecule has 0 aliphatic carbocycles. The number of benzene rings is 2. The fraction of sp³-hybridized carbons (Fsp3) is 0.176. The van der Waals surface area contributed by atoms with Crippen molar-refractivity contribution in [2.24, 2.45) is 0 Å². The number of carbonyl (C=O) groups is 2. The largest absolute Gasteiger partial charge is 0.449 e. The summed E-state index contributed by atoms with van der Waals surface area (Å²) < 4.78 is 33.6. The van der Waals surface area contributed by atoms with Gasteiger partial charge in [0.15, 0.2) is 6.10 Å². The number of anilines is 1. The van der Waals surface area contributed by atoms with E-state index in [4.69, 9.17) is 4.74 Å². The Morgan fingerprint density at radius 3 is 2.42 bits per heavy atom. The van der Waals surface area contributed by atoms with E-state index < -0.39 is 24.6 Å². The molecule has 0 saturated heterocycles. The maximum atomic E-state index is 12.2. The molecule has 0 fully saturated rings. The molecule has 2 rings (SSSR count). The monoisotopic (exact) mass is 335 g/mol. The van der Waals surface area contributed by atoms with E-state index in [1.54, 1.807) is 30.3 Å². The summed E-state index contributed by atoms with van der Waals surface area (Å²) in [7, 11) is 0. The van der Waals surface area contributed by atoms with Crippen molar-refractivity contribution < 1.29 is 27.8 Å². The van der Waals surface area contributed by atoms with Crippen molar-refractivity contribution in [2.45, 2.75) is 19.6 Å². The van der Waals surface area contributed by atoms with Crippen LogP contribution < -0.4 is 10.1 Å². The van der Waals surface area contributed by atoms with Gasteiger partial charge in [-0.25, -0.2) is 4.79 Å². The lowest BCUT2D eigenvalue weighted by Gasteiger charge is -2.14. The minimum atomic E-state index is -2.99. The molecule has 0 aromatic heterocycles. The summed E-state index contributed by atoms with van der Waals surface area (Å²) in [5.74, 6) is -1.49. The molecular formula is C17H15F2NO4. The van der Waals surface area contributed by atoms with E-state index in [-0.39, 0.29) is 11.3 Å². The number of para-hydroxylation sites is 1. The second-order valence-corrected chi connectivity index (χ2v) is 4.81. The molecule has 5 nitrogen and oxygen atoms in total. The van der Waals surface area contributed by atoms with Gasteiger partial charge in [0.1, 0.15) is 5.75 Å². The lowest BCUT2D eigenvalue weighted by atomic mass is 10.2. The molecule has 2 aromatic carbocycles. The van der Waals surface area contributed by atoms with Crippen LogP contribution in [0.15, 0.2) is 54.6 Å². The quantitative estimate of drug-likeness (QED) is 0.821. The number of amides is 1. The number of halogens is 2. The molecular weight excluding hydrogens is 320 g/mol. The van der Waals surface area contributed by atoms with Crippen LogP contribution in [0.4, 0.5) is 14.5 Å². The van der Waals surface area contributed by atoms with Gasteiger partial charge in [0.05, 0.1) is 5.56 Å². The molecule has 0 radical (unpaired) electrons. The Balaban J connectivity index is 1.97. The van der Waals surface area contributed by atoms with E-state index in [2.05, 4.69) is 10.1 Å². The fourth-order valence-electron chi connectivity index (χ4n) is 1.85. The smallest absolute Gasteiger partial charge is 0.387 e. The first kappa shape index (κ1) is 17.4. The summed E-state index contributed by atoms with van der Waals surface area (Å²) in [5.41, 5.74) is 0.574. The van der Waals surface area contributed by atoms with Crippen molar-refractivity contribution >= 4 is 17.6 Å². The van der Waals surface area contributed by atoms with Gasteiger partial charge >= 0.3 is 12.6 Å². The van der Waals surface area contributed by atoms with Crippen LogP contribution in [0.5, 0.6) is 5.75 Å². The minimum absolute atomic E-state index is 0.00695. The van der Waals surface area contributed by atoms with Crippen molar-refractivity contribution in [2.75, 3.05) is 5.32 Å². The van der Waals surface area contributed by atoms with E-state index in [0.29, 0.717) is 5.69 Å². The average Bonchev–Trinajstić information content (AvgIpc) is 2.55. The van der Waals surface area contributed by atoms with Gasteiger partial charge in [-0.1, -0.05) is 24.3 Å². The number of ether oxygens (including phenoxy) is 2. The Morgan fingerprint density at radius 2 is 1.75 bits per heavy atom. The van der Waals surface area contributed by atoms with Gasteiger partial charge in [-0.15, -0.1) is 0 Å². The zero-order chi connectivity index (χ0) is 17.5. The summed E-state index contributed by atoms with van der Waals surface area (Å²) in [5, 5.41) is 2.60. The van der Waals surface area contributed by atoms with E-state index >= 15 is 0 Å².